The second-order valence-corrected chi connectivity index (χ2v) is 6.16. The maximum Gasteiger partial charge on any atom is 0.199 e. The van der Waals surface area contributed by atoms with E-state index in [1.54, 1.807) is 0 Å². The summed E-state index contributed by atoms with van der Waals surface area (Å²) in [5.41, 5.74) is -0.0821. The molecule has 0 fully saturated rings. The lowest BCUT2D eigenvalue weighted by atomic mass is 10.3. The van der Waals surface area contributed by atoms with Gasteiger partial charge in [0.05, 0.1) is 9.92 Å². The Labute approximate surface area is 88.7 Å². The minimum absolute atomic E-state index is 0.0821. The maximum atomic E-state index is 13.0. The van der Waals surface area contributed by atoms with Crippen molar-refractivity contribution in [3.05, 3.63) is 28.8 Å². The van der Waals surface area contributed by atoms with E-state index in [-0.39, 0.29) is 5.62 Å². The topological polar surface area (TPSA) is 34.1 Å². The molecule has 0 saturated carbocycles. The molecule has 0 spiro atoms. The van der Waals surface area contributed by atoms with Crippen molar-refractivity contribution in [3.8, 4) is 0 Å². The van der Waals surface area contributed by atoms with Crippen molar-refractivity contribution in [1.29, 1.82) is 0 Å². The first-order chi connectivity index (χ1) is 6.38. The highest BCUT2D eigenvalue weighted by Crippen LogP contribution is 2.28. The van der Waals surface area contributed by atoms with Crippen molar-refractivity contribution < 1.29 is 17.8 Å². The number of carbonyl (C=O) groups excluding carboxylic acids is 1. The number of thiol groups is 1. The van der Waals surface area contributed by atoms with E-state index in [9.17, 15) is 17.8 Å². The summed E-state index contributed by atoms with van der Waals surface area (Å²) < 4.78 is 36.9. The lowest BCUT2D eigenvalue weighted by molar-refractivity contribution is 0.556. The van der Waals surface area contributed by atoms with E-state index in [2.05, 4.69) is 0 Å². The van der Waals surface area contributed by atoms with E-state index in [1.807, 2.05) is 0 Å². The van der Waals surface area contributed by atoms with Gasteiger partial charge >= 0.3 is 0 Å². The summed E-state index contributed by atoms with van der Waals surface area (Å²) in [5.74, 6) is -2.16. The summed E-state index contributed by atoms with van der Waals surface area (Å²) in [6.07, 6.45) is 0. The summed E-state index contributed by atoms with van der Waals surface area (Å²) in [5, 5.41) is -0.441. The fourth-order valence-electron chi connectivity index (χ4n) is 0.803. The van der Waals surface area contributed by atoms with Crippen LogP contribution in [0.1, 0.15) is 0 Å². The van der Waals surface area contributed by atoms with Gasteiger partial charge in [-0.05, 0) is 16.7 Å². The molecule has 0 atom stereocenters. The van der Waals surface area contributed by atoms with Crippen LogP contribution in [0.4, 0.5) is 8.78 Å². The van der Waals surface area contributed by atoms with Crippen LogP contribution in [-0.4, -0.2) is 9.83 Å². The van der Waals surface area contributed by atoms with Gasteiger partial charge in [-0.2, -0.15) is 0 Å². The molecule has 2 nitrogen and oxygen atoms in total. The molecule has 0 bridgehead atoms. The highest BCUT2D eigenvalue weighted by Gasteiger charge is 2.20. The number of benzene rings is 1. The summed E-state index contributed by atoms with van der Waals surface area (Å²) >= 11 is 5.31. The lowest BCUT2D eigenvalue weighted by Crippen LogP contribution is -2.07. The fraction of sp³-hybridized carbons (Fsp3) is 0. The van der Waals surface area contributed by atoms with Gasteiger partial charge in [0.25, 0.3) is 0 Å². The van der Waals surface area contributed by atoms with Gasteiger partial charge in [0.2, 0.25) is 0 Å². The number of hydrogen-bond acceptors (Lipinski definition) is 2. The second kappa shape index (κ2) is 3.92. The Balaban J connectivity index is 3.44. The molecule has 0 radical (unpaired) electrons. The smallest absolute Gasteiger partial charge is 0.199 e. The van der Waals surface area contributed by atoms with E-state index in [1.165, 1.54) is 0 Å². The zero-order valence-electron chi connectivity index (χ0n) is 6.51. The van der Waals surface area contributed by atoms with E-state index in [4.69, 9.17) is 22.3 Å². The van der Waals surface area contributed by atoms with Crippen molar-refractivity contribution in [2.24, 2.45) is 0 Å². The van der Waals surface area contributed by atoms with Gasteiger partial charge in [0, 0.05) is 15.2 Å². The maximum absolute atomic E-state index is 13.0. The van der Waals surface area contributed by atoms with Crippen molar-refractivity contribution in [2.75, 3.05) is 0 Å². The Bertz CT molecular complexity index is 436. The number of hydrogen-bond donors (Lipinski definition) is 1. The Hall–Kier alpha value is -0.520. The van der Waals surface area contributed by atoms with Crippen LogP contribution in [0.3, 0.4) is 0 Å². The van der Waals surface area contributed by atoms with Crippen LogP contribution in [0.15, 0.2) is 17.0 Å². The van der Waals surface area contributed by atoms with Gasteiger partial charge in [0.1, 0.15) is 11.6 Å². The standard InChI is InChI=1S/C7H4Cl2F2O2S/c8-4-1-7(14(9,13)3-12)6(11)2-5(4)10/h1-3,14H. The molecule has 0 saturated heterocycles. The van der Waals surface area contributed by atoms with Gasteiger partial charge in [-0.1, -0.05) is 11.6 Å². The molecular formula is C7H4Cl2F2O2S. The van der Waals surface area contributed by atoms with Crippen molar-refractivity contribution in [3.63, 3.8) is 0 Å². The van der Waals surface area contributed by atoms with Crippen LogP contribution in [0.2, 0.25) is 5.02 Å². The third-order valence-corrected chi connectivity index (χ3v) is 3.80. The van der Waals surface area contributed by atoms with Gasteiger partial charge in [-0.25, -0.2) is 8.78 Å². The molecule has 0 aliphatic carbocycles. The summed E-state index contributed by atoms with van der Waals surface area (Å²) in [6, 6.07) is 1.17. The average Bonchev–Trinajstić information content (AvgIpc) is 2.11. The van der Waals surface area contributed by atoms with E-state index in [0.717, 1.165) is 6.07 Å². The zero-order chi connectivity index (χ0) is 10.9. The monoisotopic (exact) mass is 260 g/mol. The van der Waals surface area contributed by atoms with Crippen LogP contribution in [0.25, 0.3) is 0 Å². The third kappa shape index (κ3) is 2.10. The molecule has 0 unspecified atom stereocenters. The minimum atomic E-state index is -3.94. The van der Waals surface area contributed by atoms with Crippen LogP contribution in [-0.2, 0) is 13.9 Å². The van der Waals surface area contributed by atoms with Crippen molar-refractivity contribution in [1.82, 2.24) is 0 Å². The molecule has 7 heteroatoms. The Morgan fingerprint density at radius 3 is 2.36 bits per heavy atom. The van der Waals surface area contributed by atoms with E-state index in [0.29, 0.717) is 6.07 Å². The highest BCUT2D eigenvalue weighted by molar-refractivity contribution is 8.33. The third-order valence-electron chi connectivity index (χ3n) is 1.45. The number of carbonyl (C=O) groups is 1. The molecule has 14 heavy (non-hydrogen) atoms. The zero-order valence-corrected chi connectivity index (χ0v) is 8.91. The Morgan fingerprint density at radius 1 is 1.29 bits per heavy atom. The van der Waals surface area contributed by atoms with Gasteiger partial charge in [-0.3, -0.25) is 9.00 Å². The molecule has 0 N–H and O–H groups in total. The summed E-state index contributed by atoms with van der Waals surface area (Å²) in [4.78, 5) is 9.69. The molecule has 0 heterocycles. The van der Waals surface area contributed by atoms with Crippen LogP contribution in [0.5, 0.6) is 0 Å². The number of rotatable bonds is 2. The SMILES string of the molecule is O=C[SH](=O)(Cl)c1cc(Cl)c(F)cc1F. The first-order valence-corrected chi connectivity index (χ1v) is 6.35. The quantitative estimate of drug-likeness (QED) is 0.383. The van der Waals surface area contributed by atoms with Gasteiger partial charge in [0.15, 0.2) is 5.62 Å². The van der Waals surface area contributed by atoms with Crippen molar-refractivity contribution >= 4 is 37.0 Å². The molecule has 0 aromatic heterocycles. The van der Waals surface area contributed by atoms with Gasteiger partial charge in [-0.15, -0.1) is 0 Å². The first-order valence-electron chi connectivity index (χ1n) is 3.29. The lowest BCUT2D eigenvalue weighted by Gasteiger charge is -2.10. The molecule has 0 aliphatic rings. The predicted octanol–water partition coefficient (Wildman–Crippen LogP) is 2.34. The first kappa shape index (κ1) is 11.6. The average molecular weight is 261 g/mol. The molecular weight excluding hydrogens is 257 g/mol. The summed E-state index contributed by atoms with van der Waals surface area (Å²) in [6.45, 7) is 0. The van der Waals surface area contributed by atoms with Crippen LogP contribution in [0, 0.1) is 11.6 Å². The Kier molecular flexibility index (Phi) is 3.24. The second-order valence-electron chi connectivity index (χ2n) is 2.40. The largest absolute Gasteiger partial charge is 0.289 e. The molecule has 0 aliphatic heterocycles. The predicted molar refractivity (Wildman–Crippen MR) is 51.8 cm³/mol. The minimum Gasteiger partial charge on any atom is -0.289 e. The van der Waals surface area contributed by atoms with Crippen LogP contribution < -0.4 is 0 Å². The molecule has 1 aromatic rings. The fourth-order valence-corrected chi connectivity index (χ4v) is 2.21. The Morgan fingerprint density at radius 2 is 1.86 bits per heavy atom. The van der Waals surface area contributed by atoms with E-state index >= 15 is 0 Å². The molecule has 0 amide bonds. The van der Waals surface area contributed by atoms with Crippen molar-refractivity contribution in [2.45, 2.75) is 4.90 Å². The molecule has 1 rings (SSSR count). The summed E-state index contributed by atoms with van der Waals surface area (Å²) in [7, 11) is 1.30. The number of halogens is 4. The molecule has 1 aromatic carbocycles. The van der Waals surface area contributed by atoms with E-state index < -0.39 is 30.7 Å². The van der Waals surface area contributed by atoms with Crippen LogP contribution >= 0.6 is 22.3 Å². The van der Waals surface area contributed by atoms with Gasteiger partial charge < -0.3 is 0 Å². The normalized spacial score (nSPS) is 12.6. The highest BCUT2D eigenvalue weighted by atomic mass is 35.7. The molecule has 78 valence electrons.